The quantitative estimate of drug-likeness (QED) is 0.369. The van der Waals surface area contributed by atoms with Crippen LogP contribution in [-0.4, -0.2) is 77.2 Å². The number of hydrogen-bond acceptors (Lipinski definition) is 7. The first-order chi connectivity index (χ1) is 21.7. The largest absolute Gasteiger partial charge is 0.455 e. The van der Waals surface area contributed by atoms with E-state index >= 15 is 0 Å². The highest BCUT2D eigenvalue weighted by Crippen LogP contribution is 2.59. The number of ether oxygens (including phenoxy) is 2. The monoisotopic (exact) mass is 697 g/mol. The van der Waals surface area contributed by atoms with Crippen LogP contribution in [0, 0.1) is 11.8 Å². The second-order valence-electron chi connectivity index (χ2n) is 11.6. The molecule has 236 valence electrons. The average molecular weight is 699 g/mol. The molecule has 0 unspecified atom stereocenters. The molecule has 4 aliphatic rings. The van der Waals surface area contributed by atoms with Gasteiger partial charge in [0.25, 0.3) is 5.91 Å². The predicted octanol–water partition coefficient (Wildman–Crippen LogP) is 3.68. The van der Waals surface area contributed by atoms with Gasteiger partial charge in [0.1, 0.15) is 29.8 Å². The highest BCUT2D eigenvalue weighted by molar-refractivity contribution is 9.11. The summed E-state index contributed by atoms with van der Waals surface area (Å²) in [6.45, 7) is 1.31. The van der Waals surface area contributed by atoms with E-state index in [1.165, 1.54) is 9.80 Å². The van der Waals surface area contributed by atoms with Crippen LogP contribution >= 0.6 is 27.5 Å². The molecule has 5 bridgehead atoms. The number of fused-ring (bicyclic) bond motifs is 2. The minimum atomic E-state index is -1.50. The Bertz CT molecular complexity index is 1570. The van der Waals surface area contributed by atoms with Crippen molar-refractivity contribution in [2.75, 3.05) is 24.6 Å². The Kier molecular flexibility index (Phi) is 8.89. The van der Waals surface area contributed by atoms with Gasteiger partial charge in [-0.15, -0.1) is 0 Å². The van der Waals surface area contributed by atoms with Crippen molar-refractivity contribution in [3.05, 3.63) is 87.9 Å². The molecule has 1 spiro atoms. The molecule has 7 atom stereocenters. The molecule has 10 nitrogen and oxygen atoms in total. The maximum atomic E-state index is 14.7. The number of halogens is 2. The summed E-state index contributed by atoms with van der Waals surface area (Å²) in [5.74, 6) is -4.06. The van der Waals surface area contributed by atoms with Gasteiger partial charge in [-0.1, -0.05) is 82.1 Å². The van der Waals surface area contributed by atoms with Gasteiger partial charge in [0.2, 0.25) is 11.8 Å². The molecule has 2 aromatic rings. The van der Waals surface area contributed by atoms with Gasteiger partial charge in [-0.3, -0.25) is 19.2 Å². The lowest BCUT2D eigenvalue weighted by molar-refractivity contribution is -0.161. The number of nitrogens with one attached hydrogen (secondary N) is 1. The number of para-hydroxylation sites is 1. The van der Waals surface area contributed by atoms with E-state index in [0.29, 0.717) is 27.2 Å². The average Bonchev–Trinajstić information content (AvgIpc) is 3.61. The van der Waals surface area contributed by atoms with Crippen LogP contribution in [0.1, 0.15) is 31.4 Å². The number of β-amino-alcohol motifs (C(OH)–C–C–N with tert-alkyl or cyclic N) is 1. The van der Waals surface area contributed by atoms with Crippen LogP contribution in [0.3, 0.4) is 0 Å². The van der Waals surface area contributed by atoms with E-state index in [-0.39, 0.29) is 25.4 Å². The topological polar surface area (TPSA) is 125 Å². The zero-order chi connectivity index (χ0) is 31.9. The van der Waals surface area contributed by atoms with Gasteiger partial charge in [-0.25, -0.2) is 0 Å². The molecule has 2 aromatic carbocycles. The van der Waals surface area contributed by atoms with E-state index in [9.17, 15) is 24.3 Å². The summed E-state index contributed by atoms with van der Waals surface area (Å²) in [5, 5.41) is 13.3. The molecule has 0 radical (unpaired) electrons. The fraction of sp³-hybridized carbons (Fsp3) is 0.394. The van der Waals surface area contributed by atoms with Crippen LogP contribution in [0.2, 0.25) is 5.02 Å². The highest BCUT2D eigenvalue weighted by Gasteiger charge is 2.75. The summed E-state index contributed by atoms with van der Waals surface area (Å²) >= 11 is 10.1. The lowest BCUT2D eigenvalue weighted by atomic mass is 9.74. The Morgan fingerprint density at radius 1 is 1.02 bits per heavy atom. The normalized spacial score (nSPS) is 32.7. The van der Waals surface area contributed by atoms with Gasteiger partial charge in [0.05, 0.1) is 29.3 Å². The molecule has 0 aromatic heterocycles. The third kappa shape index (κ3) is 5.49. The zero-order valence-electron chi connectivity index (χ0n) is 24.5. The zero-order valence-corrected chi connectivity index (χ0v) is 26.8. The van der Waals surface area contributed by atoms with Crippen molar-refractivity contribution in [1.29, 1.82) is 0 Å². The number of anilines is 1. The van der Waals surface area contributed by atoms with Gasteiger partial charge in [-0.2, -0.15) is 0 Å². The van der Waals surface area contributed by atoms with Gasteiger partial charge in [0, 0.05) is 24.0 Å². The number of esters is 1. The molecule has 12 heteroatoms. The smallest absolute Gasteiger partial charge is 0.313 e. The van der Waals surface area contributed by atoms with Crippen molar-refractivity contribution in [1.82, 2.24) is 10.2 Å². The number of amides is 3. The third-order valence-electron chi connectivity index (χ3n) is 8.89. The van der Waals surface area contributed by atoms with Crippen LogP contribution < -0.4 is 10.2 Å². The molecule has 4 heterocycles. The molecule has 2 saturated heterocycles. The fourth-order valence-electron chi connectivity index (χ4n) is 6.96. The molecule has 4 aliphatic heterocycles. The van der Waals surface area contributed by atoms with Crippen LogP contribution in [-0.2, 0) is 28.7 Å². The minimum Gasteiger partial charge on any atom is -0.455 e. The summed E-state index contributed by atoms with van der Waals surface area (Å²) in [4.78, 5) is 58.7. The number of aliphatic hydroxyl groups is 1. The van der Waals surface area contributed by atoms with Gasteiger partial charge >= 0.3 is 5.97 Å². The molecule has 2 N–H and O–H groups in total. The minimum absolute atomic E-state index is 0.0921. The van der Waals surface area contributed by atoms with E-state index in [1.54, 1.807) is 43.3 Å². The molecule has 0 saturated carbocycles. The number of carbonyl (C=O) groups is 4. The second-order valence-corrected chi connectivity index (χ2v) is 12.9. The molecule has 45 heavy (non-hydrogen) atoms. The van der Waals surface area contributed by atoms with E-state index in [4.69, 9.17) is 21.1 Å². The lowest BCUT2D eigenvalue weighted by Gasteiger charge is -2.35. The Hall–Kier alpha value is -3.51. The highest BCUT2D eigenvalue weighted by atomic mass is 79.9. The number of likely N-dealkylation sites (tertiary alicyclic amines) is 1. The van der Waals surface area contributed by atoms with Crippen molar-refractivity contribution in [2.24, 2.45) is 11.8 Å². The van der Waals surface area contributed by atoms with Crippen molar-refractivity contribution in [3.63, 3.8) is 0 Å². The van der Waals surface area contributed by atoms with Crippen molar-refractivity contribution < 1.29 is 33.8 Å². The molecule has 2 fully saturated rings. The van der Waals surface area contributed by atoms with Crippen LogP contribution in [0.4, 0.5) is 5.69 Å². The van der Waals surface area contributed by atoms with Crippen LogP contribution in [0.5, 0.6) is 0 Å². The van der Waals surface area contributed by atoms with Crippen LogP contribution in [0.15, 0.2) is 77.3 Å². The standard InChI is InChI=1S/C33H33BrClN3O7/c1-19-27(20-10-4-2-5-11-20)44-32(43)25-26-30(41)38(16-17-39)29(33(26)18-21(34)28(25)45-33)31(42)37(23-13-8-7-12-22(23)35)15-9-3-6-14-24(40)36-19/h2-5,7-13,18-19,25-29,39H,6,14-17H2,1H3,(H,36,40)/b9-3-/t19-,25+,26-,27+,28+,29+,33-/m0/s1. The number of allylic oxidation sites excluding steroid dienone is 1. The first kappa shape index (κ1) is 31.5. The number of aliphatic hydroxyl groups excluding tert-OH is 1. The SMILES string of the molecule is C[C@@H]1NC(=O)CC/C=C\CN(c2ccccc2Cl)C(=O)[C@H]2N(CCO)C(=O)[C@@H]3[C@@H](C(=O)O[C@H]1c1ccccc1)[C@@H]1O[C@@]32C=C1Br. The lowest BCUT2D eigenvalue weighted by Crippen LogP contribution is -2.56. The molecule has 0 aliphatic carbocycles. The molecular formula is C33H33BrClN3O7. The number of benzene rings is 2. The van der Waals surface area contributed by atoms with E-state index in [2.05, 4.69) is 21.2 Å². The number of carbonyl (C=O) groups excluding carboxylic acids is 4. The summed E-state index contributed by atoms with van der Waals surface area (Å²) < 4.78 is 13.2. The fourth-order valence-corrected chi connectivity index (χ4v) is 7.93. The second kappa shape index (κ2) is 12.7. The van der Waals surface area contributed by atoms with Crippen LogP contribution in [0.25, 0.3) is 0 Å². The van der Waals surface area contributed by atoms with Crippen molar-refractivity contribution in [2.45, 2.75) is 49.7 Å². The summed E-state index contributed by atoms with van der Waals surface area (Å²) in [6.07, 6.45) is 4.14. The van der Waals surface area contributed by atoms with Crippen molar-refractivity contribution >= 4 is 56.9 Å². The van der Waals surface area contributed by atoms with Crippen molar-refractivity contribution in [3.8, 4) is 0 Å². The third-order valence-corrected chi connectivity index (χ3v) is 9.89. The van der Waals surface area contributed by atoms with Gasteiger partial charge in [0.15, 0.2) is 0 Å². The maximum absolute atomic E-state index is 14.7. The first-order valence-electron chi connectivity index (χ1n) is 14.9. The molecular weight excluding hydrogens is 666 g/mol. The Labute approximate surface area is 274 Å². The van der Waals surface area contributed by atoms with Gasteiger partial charge in [-0.05, 0) is 37.1 Å². The number of hydrogen-bond donors (Lipinski definition) is 2. The number of rotatable bonds is 4. The summed E-state index contributed by atoms with van der Waals surface area (Å²) in [7, 11) is 0. The Morgan fingerprint density at radius 2 is 1.76 bits per heavy atom. The van der Waals surface area contributed by atoms with E-state index in [0.717, 1.165) is 0 Å². The summed E-state index contributed by atoms with van der Waals surface area (Å²) in [6, 6.07) is 14.2. The maximum Gasteiger partial charge on any atom is 0.313 e. The first-order valence-corrected chi connectivity index (χ1v) is 16.1. The molecule has 6 rings (SSSR count). The Balaban J connectivity index is 1.47. The molecule has 3 amide bonds. The summed E-state index contributed by atoms with van der Waals surface area (Å²) in [5.41, 5.74) is -0.407. The van der Waals surface area contributed by atoms with E-state index in [1.807, 2.05) is 36.4 Å². The van der Waals surface area contributed by atoms with E-state index < -0.39 is 66.1 Å². The predicted molar refractivity (Wildman–Crippen MR) is 169 cm³/mol. The number of cyclic esters (lactones) is 1. The van der Waals surface area contributed by atoms with Gasteiger partial charge < -0.3 is 29.7 Å². The Morgan fingerprint density at radius 3 is 2.49 bits per heavy atom. The number of nitrogens with zero attached hydrogens (tertiary/aromatic N) is 2.